The molecule has 1 aliphatic rings. The zero-order valence-electron chi connectivity index (χ0n) is 11.5. The Morgan fingerprint density at radius 2 is 1.06 bits per heavy atom. The average Bonchev–Trinajstić information content (AvgIpc) is 2.78. The van der Waals surface area contributed by atoms with E-state index in [2.05, 4.69) is 0 Å². The highest BCUT2D eigenvalue weighted by Gasteiger charge is 2.24. The summed E-state index contributed by atoms with van der Waals surface area (Å²) in [5, 5.41) is 0. The Labute approximate surface area is 105 Å². The molecule has 0 aliphatic heterocycles. The number of ketones is 1. The first-order chi connectivity index (χ1) is 8.88. The van der Waals surface area contributed by atoms with Crippen LogP contribution in [0.1, 0.15) is 38.5 Å². The molecule has 0 saturated heterocycles. The Kier molecular flexibility index (Phi) is 3.71. The number of carbonyl (C=O) groups is 1. The van der Waals surface area contributed by atoms with Crippen LogP contribution >= 0.6 is 0 Å². The molecule has 0 atom stereocenters. The smallest absolute Gasteiger partial charge is 0.194 e. The molecule has 1 nitrogen and oxygen atoms in total. The highest BCUT2D eigenvalue weighted by Crippen LogP contribution is 2.35. The van der Waals surface area contributed by atoms with Crippen LogP contribution in [0.4, 0.5) is 0 Å². The molecule has 1 heteroatoms. The maximum Gasteiger partial charge on any atom is 0.194 e. The zero-order valence-corrected chi connectivity index (χ0v) is 10.5. The largest absolute Gasteiger partial charge is 0.289 e. The zero-order chi connectivity index (χ0) is 13.5. The number of rotatable bonds is 0. The Balaban J connectivity index is 0.000000371. The van der Waals surface area contributed by atoms with Crippen molar-refractivity contribution >= 4 is 5.78 Å². The first-order valence-corrected chi connectivity index (χ1v) is 5.61. The SMILES string of the molecule is CC.O=C1c2ccccc2-c2ccccc21.[2H]C. The number of carbonyl (C=O) groups excluding carboxylic acids is 1. The topological polar surface area (TPSA) is 17.1 Å². The summed E-state index contributed by atoms with van der Waals surface area (Å²) in [6, 6.07) is 15.5. The summed E-state index contributed by atoms with van der Waals surface area (Å²) in [4.78, 5) is 11.9. The van der Waals surface area contributed by atoms with Crippen molar-refractivity contribution in [2.75, 3.05) is 0 Å². The van der Waals surface area contributed by atoms with Crippen LogP contribution in [-0.2, 0) is 0 Å². The first-order valence-electron chi connectivity index (χ1n) is 6.61. The van der Waals surface area contributed by atoms with Crippen molar-refractivity contribution in [1.82, 2.24) is 0 Å². The molecule has 0 radical (unpaired) electrons. The first kappa shape index (κ1) is 11.6. The van der Waals surface area contributed by atoms with E-state index in [1.165, 1.54) is 7.40 Å². The molecular formula is C16H18O. The van der Waals surface area contributed by atoms with E-state index < -0.39 is 0 Å². The monoisotopic (exact) mass is 227 g/mol. The van der Waals surface area contributed by atoms with Gasteiger partial charge in [-0.15, -0.1) is 0 Å². The number of hydrogen-bond acceptors (Lipinski definition) is 1. The van der Waals surface area contributed by atoms with Crippen molar-refractivity contribution < 1.29 is 6.17 Å². The average molecular weight is 227 g/mol. The highest BCUT2D eigenvalue weighted by molar-refractivity contribution is 6.21. The van der Waals surface area contributed by atoms with Gasteiger partial charge in [0.2, 0.25) is 0 Å². The third-order valence-corrected chi connectivity index (χ3v) is 2.63. The van der Waals surface area contributed by atoms with E-state index in [1.54, 1.807) is 0 Å². The van der Waals surface area contributed by atoms with Crippen molar-refractivity contribution in [3.63, 3.8) is 0 Å². The van der Waals surface area contributed by atoms with Crippen LogP contribution in [-0.4, -0.2) is 5.78 Å². The van der Waals surface area contributed by atoms with Crippen LogP contribution in [0.25, 0.3) is 11.1 Å². The minimum Gasteiger partial charge on any atom is -0.289 e. The van der Waals surface area contributed by atoms with Crippen LogP contribution in [0.3, 0.4) is 0 Å². The van der Waals surface area contributed by atoms with E-state index in [1.807, 2.05) is 62.4 Å². The molecular weight excluding hydrogens is 208 g/mol. The maximum atomic E-state index is 11.9. The standard InChI is InChI=1S/C13H8O.C2H6.CH4/c14-13-11-7-3-1-5-9(11)10-6-2-4-8-12(10)13;1-2;/h1-8H;1-2H3;1H4/i;;1D. The van der Waals surface area contributed by atoms with E-state index in [9.17, 15) is 4.79 Å². The molecule has 0 N–H and O–H groups in total. The van der Waals surface area contributed by atoms with Gasteiger partial charge in [-0.3, -0.25) is 4.79 Å². The third-order valence-electron chi connectivity index (χ3n) is 2.63. The molecule has 0 aromatic heterocycles. The van der Waals surface area contributed by atoms with Gasteiger partial charge in [0.25, 0.3) is 0 Å². The van der Waals surface area contributed by atoms with Crippen molar-refractivity contribution in [3.05, 3.63) is 59.7 Å². The van der Waals surface area contributed by atoms with E-state index in [0.29, 0.717) is 0 Å². The second-order valence-electron chi connectivity index (χ2n) is 3.42. The number of fused-ring (bicyclic) bond motifs is 3. The van der Waals surface area contributed by atoms with Crippen LogP contribution in [0.5, 0.6) is 0 Å². The molecule has 2 aromatic rings. The molecule has 0 amide bonds. The second-order valence-corrected chi connectivity index (χ2v) is 3.42. The lowest BCUT2D eigenvalue weighted by Gasteiger charge is -1.96. The molecule has 1 aliphatic carbocycles. The lowest BCUT2D eigenvalue weighted by atomic mass is 10.1. The lowest BCUT2D eigenvalue weighted by Crippen LogP contribution is -1.93. The predicted molar refractivity (Wildman–Crippen MR) is 73.4 cm³/mol. The maximum absolute atomic E-state index is 11.9. The third kappa shape index (κ3) is 2.01. The lowest BCUT2D eigenvalue weighted by molar-refractivity contribution is 0.104. The molecule has 0 bridgehead atoms. The van der Waals surface area contributed by atoms with Gasteiger partial charge in [0.1, 0.15) is 0 Å². The van der Waals surface area contributed by atoms with Crippen LogP contribution in [0, 0.1) is 0 Å². The molecule has 3 rings (SSSR count). The van der Waals surface area contributed by atoms with Gasteiger partial charge >= 0.3 is 0 Å². The fourth-order valence-corrected chi connectivity index (χ4v) is 1.98. The molecule has 0 saturated carbocycles. The van der Waals surface area contributed by atoms with Gasteiger partial charge in [0.15, 0.2) is 5.78 Å². The summed E-state index contributed by atoms with van der Waals surface area (Å²) < 4.78 is 5.75. The molecule has 17 heavy (non-hydrogen) atoms. The number of hydrogen-bond donors (Lipinski definition) is 0. The molecule has 0 fully saturated rings. The van der Waals surface area contributed by atoms with E-state index in [0.717, 1.165) is 22.3 Å². The Morgan fingerprint density at radius 3 is 1.41 bits per heavy atom. The van der Waals surface area contributed by atoms with Crippen molar-refractivity contribution in [2.24, 2.45) is 0 Å². The van der Waals surface area contributed by atoms with Crippen LogP contribution in [0.2, 0.25) is 0 Å². The van der Waals surface area contributed by atoms with Crippen molar-refractivity contribution in [1.29, 1.82) is 0 Å². The van der Waals surface area contributed by atoms with E-state index >= 15 is 0 Å². The van der Waals surface area contributed by atoms with Gasteiger partial charge in [-0.1, -0.05) is 69.8 Å². The van der Waals surface area contributed by atoms with Gasteiger partial charge in [-0.2, -0.15) is 0 Å². The summed E-state index contributed by atoms with van der Waals surface area (Å²) in [7, 11) is 1.25. The van der Waals surface area contributed by atoms with Crippen molar-refractivity contribution in [2.45, 2.75) is 21.3 Å². The van der Waals surface area contributed by atoms with Gasteiger partial charge in [-0.25, -0.2) is 0 Å². The summed E-state index contributed by atoms with van der Waals surface area (Å²) in [5.74, 6) is 0.149. The van der Waals surface area contributed by atoms with E-state index in [-0.39, 0.29) is 5.78 Å². The van der Waals surface area contributed by atoms with Crippen molar-refractivity contribution in [3.8, 4) is 11.1 Å². The summed E-state index contributed by atoms with van der Waals surface area (Å²) >= 11 is 0. The highest BCUT2D eigenvalue weighted by atomic mass is 16.1. The van der Waals surface area contributed by atoms with Gasteiger partial charge in [-0.05, 0) is 11.1 Å². The fraction of sp³-hybridized carbons (Fsp3) is 0.188. The molecule has 0 heterocycles. The summed E-state index contributed by atoms with van der Waals surface area (Å²) in [6.45, 7) is 4.00. The van der Waals surface area contributed by atoms with Gasteiger partial charge in [0, 0.05) is 12.5 Å². The van der Waals surface area contributed by atoms with Gasteiger partial charge in [0.05, 0.1) is 0 Å². The summed E-state index contributed by atoms with van der Waals surface area (Å²) in [5.41, 5.74) is 3.78. The quantitative estimate of drug-likeness (QED) is 0.550. The summed E-state index contributed by atoms with van der Waals surface area (Å²) in [6.07, 6.45) is 0. The van der Waals surface area contributed by atoms with Crippen LogP contribution in [0.15, 0.2) is 48.5 Å². The van der Waals surface area contributed by atoms with E-state index in [4.69, 9.17) is 1.37 Å². The normalized spacial score (nSPS) is 11.0. The Morgan fingerprint density at radius 1 is 0.765 bits per heavy atom. The Bertz CT molecular complexity index is 485. The molecule has 0 spiro atoms. The number of benzene rings is 2. The predicted octanol–water partition coefficient (Wildman–Crippen LogP) is 4.56. The molecule has 88 valence electrons. The molecule has 2 aromatic carbocycles. The fourth-order valence-electron chi connectivity index (χ4n) is 1.98. The minimum absolute atomic E-state index is 0.149. The minimum atomic E-state index is 0.149. The van der Waals surface area contributed by atoms with Gasteiger partial charge < -0.3 is 0 Å². The Hall–Kier alpha value is -1.89. The second kappa shape index (κ2) is 5.44. The molecule has 0 unspecified atom stereocenters. The van der Waals surface area contributed by atoms with Crippen LogP contribution < -0.4 is 0 Å².